The van der Waals surface area contributed by atoms with Gasteiger partial charge in [0.25, 0.3) is 5.91 Å². The summed E-state index contributed by atoms with van der Waals surface area (Å²) < 4.78 is 5.50. The minimum atomic E-state index is 0.0940. The topological polar surface area (TPSA) is 42.4 Å². The Bertz CT molecular complexity index is 447. The van der Waals surface area contributed by atoms with Crippen LogP contribution in [0.5, 0.6) is 0 Å². The number of hydrogen-bond donors (Lipinski definition) is 0. The highest BCUT2D eigenvalue weighted by atomic mass is 32.2. The zero-order valence-corrected chi connectivity index (χ0v) is 11.9. The fraction of sp³-hybridized carbons (Fsp3) is 0.667. The maximum Gasteiger partial charge on any atom is 0.273 e. The van der Waals surface area contributed by atoms with Crippen LogP contribution < -0.4 is 0 Å². The number of thiazole rings is 1. The van der Waals surface area contributed by atoms with Gasteiger partial charge in [-0.3, -0.25) is 4.79 Å². The zero-order chi connectivity index (χ0) is 12.5. The molecule has 0 unspecified atom stereocenters. The molecule has 2 saturated heterocycles. The minimum absolute atomic E-state index is 0.0940. The van der Waals surface area contributed by atoms with Gasteiger partial charge in [0.1, 0.15) is 5.69 Å². The van der Waals surface area contributed by atoms with Crippen LogP contribution in [0.25, 0.3) is 0 Å². The van der Waals surface area contributed by atoms with Crippen LogP contribution in [-0.4, -0.2) is 52.6 Å². The van der Waals surface area contributed by atoms with Crippen molar-refractivity contribution in [1.82, 2.24) is 9.88 Å². The Morgan fingerprint density at radius 1 is 1.61 bits per heavy atom. The van der Waals surface area contributed by atoms with Crippen molar-refractivity contribution in [3.63, 3.8) is 0 Å². The number of fused-ring (bicyclic) bond motifs is 1. The molecule has 0 bridgehead atoms. The van der Waals surface area contributed by atoms with E-state index in [4.69, 9.17) is 4.74 Å². The first kappa shape index (κ1) is 12.4. The highest BCUT2D eigenvalue weighted by Crippen LogP contribution is 2.31. The highest BCUT2D eigenvalue weighted by molar-refractivity contribution is 8.00. The summed E-state index contributed by atoms with van der Waals surface area (Å²) in [6, 6.07) is 0.326. The van der Waals surface area contributed by atoms with Crippen molar-refractivity contribution in [2.45, 2.75) is 24.6 Å². The molecule has 1 aromatic rings. The van der Waals surface area contributed by atoms with Gasteiger partial charge in [0.2, 0.25) is 0 Å². The van der Waals surface area contributed by atoms with Crippen molar-refractivity contribution >= 4 is 29.0 Å². The first-order valence-corrected chi connectivity index (χ1v) is 8.11. The predicted octanol–water partition coefficient (Wildman–Crippen LogP) is 1.80. The molecule has 6 heteroatoms. The molecule has 2 fully saturated rings. The number of ether oxygens (including phenoxy) is 1. The molecular formula is C12H16N2O2S2. The van der Waals surface area contributed by atoms with Crippen LogP contribution in [0.2, 0.25) is 0 Å². The number of nitrogens with zero attached hydrogens (tertiary/aromatic N) is 2. The smallest absolute Gasteiger partial charge is 0.273 e. The van der Waals surface area contributed by atoms with E-state index >= 15 is 0 Å². The number of amides is 1. The molecule has 0 spiro atoms. The van der Waals surface area contributed by atoms with Gasteiger partial charge in [-0.2, -0.15) is 11.8 Å². The van der Waals surface area contributed by atoms with Gasteiger partial charge in [0.05, 0.1) is 11.6 Å². The lowest BCUT2D eigenvalue weighted by Gasteiger charge is -2.43. The van der Waals surface area contributed by atoms with E-state index in [1.54, 1.807) is 0 Å². The number of carbonyl (C=O) groups excluding carboxylic acids is 1. The van der Waals surface area contributed by atoms with Gasteiger partial charge >= 0.3 is 0 Å². The van der Waals surface area contributed by atoms with Crippen molar-refractivity contribution in [3.05, 3.63) is 16.1 Å². The predicted molar refractivity (Wildman–Crippen MR) is 73.4 cm³/mol. The van der Waals surface area contributed by atoms with Crippen LogP contribution in [0, 0.1) is 6.92 Å². The third-order valence-electron chi connectivity index (χ3n) is 3.43. The average molecular weight is 284 g/mol. The van der Waals surface area contributed by atoms with Gasteiger partial charge in [-0.25, -0.2) is 4.98 Å². The van der Waals surface area contributed by atoms with Crippen molar-refractivity contribution < 1.29 is 9.53 Å². The van der Waals surface area contributed by atoms with Crippen molar-refractivity contribution in [3.8, 4) is 0 Å². The standard InChI is InChI=1S/C12H16N2O2S2/c1-8-13-9(7-18-8)12(15)14-3-5-17-11-6-16-4-2-10(11)14/h7,10-11H,2-6H2,1H3/t10-,11+/m0/s1. The lowest BCUT2D eigenvalue weighted by atomic mass is 10.1. The van der Waals surface area contributed by atoms with E-state index in [1.807, 2.05) is 29.0 Å². The Kier molecular flexibility index (Phi) is 3.59. The Hall–Kier alpha value is -0.590. The quantitative estimate of drug-likeness (QED) is 0.788. The van der Waals surface area contributed by atoms with Crippen LogP contribution in [-0.2, 0) is 4.74 Å². The molecule has 0 saturated carbocycles. The molecule has 4 nitrogen and oxygen atoms in total. The van der Waals surface area contributed by atoms with Crippen LogP contribution >= 0.6 is 23.1 Å². The highest BCUT2D eigenvalue weighted by Gasteiger charge is 2.37. The zero-order valence-electron chi connectivity index (χ0n) is 10.3. The third kappa shape index (κ3) is 2.29. The molecular weight excluding hydrogens is 268 g/mol. The summed E-state index contributed by atoms with van der Waals surface area (Å²) in [5, 5.41) is 3.26. The fourth-order valence-corrected chi connectivity index (χ4v) is 4.43. The number of hydrogen-bond acceptors (Lipinski definition) is 5. The number of carbonyl (C=O) groups is 1. The molecule has 1 amide bonds. The van der Waals surface area contributed by atoms with Gasteiger partial charge in [0, 0.05) is 35.6 Å². The van der Waals surface area contributed by atoms with Gasteiger partial charge in [0.15, 0.2) is 0 Å². The Balaban J connectivity index is 1.79. The molecule has 1 aromatic heterocycles. The molecule has 3 heterocycles. The van der Waals surface area contributed by atoms with E-state index in [2.05, 4.69) is 4.98 Å². The Morgan fingerprint density at radius 3 is 3.28 bits per heavy atom. The molecule has 3 rings (SSSR count). The Morgan fingerprint density at radius 2 is 2.50 bits per heavy atom. The first-order chi connectivity index (χ1) is 8.75. The molecule has 0 N–H and O–H groups in total. The maximum atomic E-state index is 12.5. The number of thioether (sulfide) groups is 1. The Labute approximate surface area is 115 Å². The van der Waals surface area contributed by atoms with E-state index in [-0.39, 0.29) is 5.91 Å². The SMILES string of the molecule is Cc1nc(C(=O)N2CCS[C@@H]3COCC[C@@H]32)cs1. The minimum Gasteiger partial charge on any atom is -0.380 e. The van der Waals surface area contributed by atoms with E-state index in [0.29, 0.717) is 17.0 Å². The molecule has 98 valence electrons. The second kappa shape index (κ2) is 5.19. The molecule has 2 aliphatic rings. The molecule has 0 radical (unpaired) electrons. The lowest BCUT2D eigenvalue weighted by molar-refractivity contribution is 0.0316. The summed E-state index contributed by atoms with van der Waals surface area (Å²) in [6.07, 6.45) is 0.951. The normalized spacial score (nSPS) is 27.9. The monoisotopic (exact) mass is 284 g/mol. The first-order valence-electron chi connectivity index (χ1n) is 6.18. The van der Waals surface area contributed by atoms with Crippen LogP contribution in [0.3, 0.4) is 0 Å². The van der Waals surface area contributed by atoms with Crippen LogP contribution in [0.15, 0.2) is 5.38 Å². The lowest BCUT2D eigenvalue weighted by Crippen LogP contribution is -2.54. The second-order valence-electron chi connectivity index (χ2n) is 4.59. The van der Waals surface area contributed by atoms with E-state index in [1.165, 1.54) is 11.3 Å². The number of rotatable bonds is 1. The third-order valence-corrected chi connectivity index (χ3v) is 5.50. The summed E-state index contributed by atoms with van der Waals surface area (Å²) in [5.74, 6) is 1.09. The van der Waals surface area contributed by atoms with Gasteiger partial charge in [-0.05, 0) is 13.3 Å². The summed E-state index contributed by atoms with van der Waals surface area (Å²) in [5.41, 5.74) is 0.606. The molecule has 18 heavy (non-hydrogen) atoms. The summed E-state index contributed by atoms with van der Waals surface area (Å²) >= 11 is 3.47. The molecule has 2 atom stereocenters. The van der Waals surface area contributed by atoms with E-state index in [0.717, 1.165) is 36.9 Å². The summed E-state index contributed by atoms with van der Waals surface area (Å²) in [7, 11) is 0. The summed E-state index contributed by atoms with van der Waals surface area (Å²) in [4.78, 5) is 18.8. The molecule has 2 aliphatic heterocycles. The van der Waals surface area contributed by atoms with Gasteiger partial charge in [-0.1, -0.05) is 0 Å². The van der Waals surface area contributed by atoms with Crippen molar-refractivity contribution in [1.29, 1.82) is 0 Å². The second-order valence-corrected chi connectivity index (χ2v) is 7.00. The van der Waals surface area contributed by atoms with Crippen LogP contribution in [0.1, 0.15) is 21.9 Å². The average Bonchev–Trinajstić information content (AvgIpc) is 2.84. The van der Waals surface area contributed by atoms with E-state index < -0.39 is 0 Å². The summed E-state index contributed by atoms with van der Waals surface area (Å²) in [6.45, 7) is 4.31. The van der Waals surface area contributed by atoms with Crippen molar-refractivity contribution in [2.75, 3.05) is 25.5 Å². The van der Waals surface area contributed by atoms with Gasteiger partial charge < -0.3 is 9.64 Å². The van der Waals surface area contributed by atoms with Crippen molar-refractivity contribution in [2.24, 2.45) is 0 Å². The number of aryl methyl sites for hydroxylation is 1. The molecule has 0 aromatic carbocycles. The number of aromatic nitrogens is 1. The largest absolute Gasteiger partial charge is 0.380 e. The van der Waals surface area contributed by atoms with E-state index in [9.17, 15) is 4.79 Å². The maximum absolute atomic E-state index is 12.5. The molecule has 0 aliphatic carbocycles. The van der Waals surface area contributed by atoms with Crippen LogP contribution in [0.4, 0.5) is 0 Å². The van der Waals surface area contributed by atoms with Gasteiger partial charge in [-0.15, -0.1) is 11.3 Å². The fourth-order valence-electron chi connectivity index (χ4n) is 2.55.